The van der Waals surface area contributed by atoms with Gasteiger partial charge in [-0.25, -0.2) is 4.39 Å². The molecule has 0 N–H and O–H groups in total. The highest BCUT2D eigenvalue weighted by Crippen LogP contribution is 2.60. The lowest BCUT2D eigenvalue weighted by Gasteiger charge is -2.34. The van der Waals surface area contributed by atoms with Gasteiger partial charge in [-0.2, -0.15) is 10.5 Å². The van der Waals surface area contributed by atoms with Gasteiger partial charge in [0.15, 0.2) is 11.2 Å². The first-order chi connectivity index (χ1) is 16.0. The van der Waals surface area contributed by atoms with Crippen LogP contribution in [0.5, 0.6) is 0 Å². The summed E-state index contributed by atoms with van der Waals surface area (Å²) in [5.74, 6) is -1.42. The molecular weight excluding hydrogens is 481 g/mol. The fraction of sp³-hybridized carbons (Fsp3) is 0.148. The Balaban J connectivity index is 1.76. The van der Waals surface area contributed by atoms with Gasteiger partial charge in [0, 0.05) is 22.2 Å². The van der Waals surface area contributed by atoms with E-state index in [0.717, 1.165) is 21.2 Å². The van der Waals surface area contributed by atoms with Crippen molar-refractivity contribution < 1.29 is 9.18 Å². The molecule has 0 aromatic heterocycles. The molecule has 33 heavy (non-hydrogen) atoms. The Kier molecular flexibility index (Phi) is 5.12. The topological polar surface area (TPSA) is 67.9 Å². The van der Waals surface area contributed by atoms with Gasteiger partial charge >= 0.3 is 0 Å². The number of rotatable bonds is 3. The number of nitriles is 2. The maximum absolute atomic E-state index is 13.9. The van der Waals surface area contributed by atoms with E-state index in [4.69, 9.17) is 0 Å². The largest absolute Gasteiger partial charge is 0.357 e. The number of hydrogen-bond donors (Lipinski definition) is 0. The van der Waals surface area contributed by atoms with Crippen molar-refractivity contribution >= 4 is 27.8 Å². The van der Waals surface area contributed by atoms with Crippen LogP contribution in [0.15, 0.2) is 83.5 Å². The van der Waals surface area contributed by atoms with E-state index >= 15 is 0 Å². The highest BCUT2D eigenvalue weighted by Gasteiger charge is 2.63. The van der Waals surface area contributed by atoms with Crippen LogP contribution in [0.3, 0.4) is 0 Å². The molecule has 6 heteroatoms. The summed E-state index contributed by atoms with van der Waals surface area (Å²) >= 11 is 3.43. The number of carbonyl (C=O) groups is 1. The number of benzene rings is 3. The van der Waals surface area contributed by atoms with Crippen molar-refractivity contribution in [3.63, 3.8) is 0 Å². The van der Waals surface area contributed by atoms with Gasteiger partial charge in [0.2, 0.25) is 0 Å². The Morgan fingerprint density at radius 2 is 1.64 bits per heavy atom. The first kappa shape index (κ1) is 21.1. The van der Waals surface area contributed by atoms with E-state index in [1.165, 1.54) is 24.3 Å². The minimum Gasteiger partial charge on any atom is -0.357 e. The van der Waals surface area contributed by atoms with Crippen LogP contribution >= 0.6 is 15.9 Å². The van der Waals surface area contributed by atoms with Crippen molar-refractivity contribution in [2.24, 2.45) is 5.41 Å². The summed E-state index contributed by atoms with van der Waals surface area (Å²) in [6.45, 7) is 0. The molecule has 0 amide bonds. The molecule has 3 aromatic carbocycles. The monoisotopic (exact) mass is 497 g/mol. The lowest BCUT2D eigenvalue weighted by atomic mass is 9.67. The van der Waals surface area contributed by atoms with Gasteiger partial charge in [-0.15, -0.1) is 0 Å². The van der Waals surface area contributed by atoms with Crippen molar-refractivity contribution in [3.05, 3.63) is 112 Å². The van der Waals surface area contributed by atoms with E-state index in [-0.39, 0.29) is 5.78 Å². The molecule has 0 saturated carbocycles. The van der Waals surface area contributed by atoms with Crippen molar-refractivity contribution in [3.8, 4) is 12.1 Å². The quantitative estimate of drug-likeness (QED) is 0.416. The molecule has 3 unspecified atom stereocenters. The summed E-state index contributed by atoms with van der Waals surface area (Å²) in [5.41, 5.74) is 1.29. The van der Waals surface area contributed by atoms with Gasteiger partial charge < -0.3 is 4.90 Å². The summed E-state index contributed by atoms with van der Waals surface area (Å²) in [4.78, 5) is 15.7. The number of carbonyl (C=O) groups excluding carboxylic acids is 1. The summed E-state index contributed by atoms with van der Waals surface area (Å²) in [6, 6.07) is 23.6. The SMILES string of the molecule is N#CC1(C#N)C(c2ccc(Br)cc2)C(C(=O)c2ccc(F)cc2)N2C=Cc3ccccc3C21. The highest BCUT2D eigenvalue weighted by molar-refractivity contribution is 9.10. The van der Waals surface area contributed by atoms with Gasteiger partial charge in [-0.3, -0.25) is 4.79 Å². The second kappa shape index (κ2) is 7.99. The molecule has 160 valence electrons. The standard InChI is InChI=1S/C27H17BrFN3O/c28-20-9-5-18(6-10-20)23-24(25(33)19-7-11-21(29)12-8-19)32-14-13-17-3-1-2-4-22(17)26(32)27(23,15-30)16-31/h1-14,23-24,26H. The maximum atomic E-state index is 13.9. The van der Waals surface area contributed by atoms with Gasteiger partial charge in [0.25, 0.3) is 0 Å². The zero-order valence-corrected chi connectivity index (χ0v) is 18.9. The van der Waals surface area contributed by atoms with Crippen LogP contribution in [0.4, 0.5) is 4.39 Å². The Morgan fingerprint density at radius 3 is 2.30 bits per heavy atom. The molecule has 1 fully saturated rings. The van der Waals surface area contributed by atoms with E-state index in [0.29, 0.717) is 5.56 Å². The molecule has 3 atom stereocenters. The Bertz CT molecular complexity index is 1340. The molecule has 2 aliphatic rings. The third-order valence-corrected chi connectivity index (χ3v) is 7.10. The van der Waals surface area contributed by atoms with E-state index < -0.39 is 29.2 Å². The molecule has 5 rings (SSSR count). The van der Waals surface area contributed by atoms with Gasteiger partial charge in [-0.05, 0) is 59.2 Å². The fourth-order valence-electron chi connectivity index (χ4n) is 5.12. The van der Waals surface area contributed by atoms with Crippen LogP contribution in [0, 0.1) is 33.9 Å². The second-order valence-electron chi connectivity index (χ2n) is 8.23. The normalized spacial score (nSPS) is 22.1. The van der Waals surface area contributed by atoms with Gasteiger partial charge in [0.05, 0.1) is 18.2 Å². The minimum absolute atomic E-state index is 0.260. The third kappa shape index (κ3) is 3.18. The average Bonchev–Trinajstić information content (AvgIpc) is 3.15. The van der Waals surface area contributed by atoms with Crippen LogP contribution in [-0.4, -0.2) is 16.7 Å². The lowest BCUT2D eigenvalue weighted by molar-refractivity contribution is 0.0874. The molecule has 0 bridgehead atoms. The number of fused-ring (bicyclic) bond motifs is 3. The molecule has 0 spiro atoms. The highest BCUT2D eigenvalue weighted by atomic mass is 79.9. The summed E-state index contributed by atoms with van der Waals surface area (Å²) in [5, 5.41) is 21.0. The molecule has 3 aromatic rings. The molecular formula is C27H17BrFN3O. The average molecular weight is 498 g/mol. The zero-order chi connectivity index (χ0) is 23.2. The number of hydrogen-bond acceptors (Lipinski definition) is 4. The number of nitrogens with zero attached hydrogens (tertiary/aromatic N) is 3. The molecule has 0 radical (unpaired) electrons. The van der Waals surface area contributed by atoms with Crippen LogP contribution in [-0.2, 0) is 0 Å². The van der Waals surface area contributed by atoms with Crippen molar-refractivity contribution in [2.45, 2.75) is 18.0 Å². The molecule has 4 nitrogen and oxygen atoms in total. The number of Topliss-reactive ketones (excluding diaryl/α,β-unsaturated/α-hetero) is 1. The maximum Gasteiger partial charge on any atom is 0.185 e. The molecule has 2 heterocycles. The molecule has 1 saturated heterocycles. The fourth-order valence-corrected chi connectivity index (χ4v) is 5.39. The summed E-state index contributed by atoms with van der Waals surface area (Å²) in [7, 11) is 0. The number of halogens is 2. The Hall–Kier alpha value is -3.74. The van der Waals surface area contributed by atoms with Crippen LogP contribution in [0.25, 0.3) is 6.08 Å². The number of ketones is 1. The molecule has 2 aliphatic heterocycles. The Labute approximate surface area is 199 Å². The van der Waals surface area contributed by atoms with Crippen LogP contribution < -0.4 is 0 Å². The lowest BCUT2D eigenvalue weighted by Crippen LogP contribution is -2.37. The first-order valence-corrected chi connectivity index (χ1v) is 11.2. The Morgan fingerprint density at radius 1 is 0.970 bits per heavy atom. The van der Waals surface area contributed by atoms with Crippen LogP contribution in [0.2, 0.25) is 0 Å². The van der Waals surface area contributed by atoms with E-state index in [1.807, 2.05) is 59.5 Å². The summed E-state index contributed by atoms with van der Waals surface area (Å²) in [6.07, 6.45) is 3.71. The smallest absolute Gasteiger partial charge is 0.185 e. The molecule has 0 aliphatic carbocycles. The third-order valence-electron chi connectivity index (χ3n) is 6.57. The van der Waals surface area contributed by atoms with E-state index in [9.17, 15) is 19.7 Å². The van der Waals surface area contributed by atoms with E-state index in [2.05, 4.69) is 28.1 Å². The van der Waals surface area contributed by atoms with Gasteiger partial charge in [-0.1, -0.05) is 52.3 Å². The minimum atomic E-state index is -1.52. The summed E-state index contributed by atoms with van der Waals surface area (Å²) < 4.78 is 14.4. The second-order valence-corrected chi connectivity index (χ2v) is 9.15. The zero-order valence-electron chi connectivity index (χ0n) is 17.3. The van der Waals surface area contributed by atoms with Gasteiger partial charge in [0.1, 0.15) is 11.9 Å². The van der Waals surface area contributed by atoms with Crippen molar-refractivity contribution in [2.75, 3.05) is 0 Å². The first-order valence-electron chi connectivity index (χ1n) is 10.4. The van der Waals surface area contributed by atoms with Crippen molar-refractivity contribution in [1.29, 1.82) is 10.5 Å². The van der Waals surface area contributed by atoms with E-state index in [1.54, 1.807) is 6.20 Å². The van der Waals surface area contributed by atoms with Crippen LogP contribution in [0.1, 0.15) is 39.0 Å². The van der Waals surface area contributed by atoms with Crippen molar-refractivity contribution in [1.82, 2.24) is 4.90 Å². The predicted molar refractivity (Wildman–Crippen MR) is 125 cm³/mol. The predicted octanol–water partition coefficient (Wildman–Crippen LogP) is 6.00.